The third kappa shape index (κ3) is 7.17. The van der Waals surface area contributed by atoms with Gasteiger partial charge in [0.2, 0.25) is 5.91 Å². The van der Waals surface area contributed by atoms with Gasteiger partial charge >= 0.3 is 0 Å². The van der Waals surface area contributed by atoms with E-state index in [0.717, 1.165) is 5.56 Å². The summed E-state index contributed by atoms with van der Waals surface area (Å²) in [6.07, 6.45) is 0.367. The van der Waals surface area contributed by atoms with Gasteiger partial charge in [-0.3, -0.25) is 4.79 Å². The molecule has 2 atom stereocenters. The Morgan fingerprint density at radius 2 is 1.75 bits per heavy atom. The number of benzene rings is 1. The molecule has 5 heteroatoms. The predicted octanol–water partition coefficient (Wildman–Crippen LogP) is 3.52. The monoisotopic (exact) mass is 316 g/mol. The Balaban J connectivity index is 0.00000361. The van der Waals surface area contributed by atoms with Gasteiger partial charge in [-0.1, -0.05) is 26.0 Å². The fourth-order valence-corrected chi connectivity index (χ4v) is 2.62. The van der Waals surface area contributed by atoms with E-state index in [9.17, 15) is 4.79 Å². The summed E-state index contributed by atoms with van der Waals surface area (Å²) in [4.78, 5) is 12.9. The van der Waals surface area contributed by atoms with Crippen molar-refractivity contribution in [3.8, 4) is 0 Å². The zero-order chi connectivity index (χ0) is 14.4. The summed E-state index contributed by atoms with van der Waals surface area (Å²) in [5, 5.41) is 3.54. The van der Waals surface area contributed by atoms with Crippen molar-refractivity contribution in [3.05, 3.63) is 29.8 Å². The topological polar surface area (TPSA) is 55.1 Å². The van der Waals surface area contributed by atoms with Gasteiger partial charge in [0.25, 0.3) is 0 Å². The lowest BCUT2D eigenvalue weighted by atomic mass is 10.1. The van der Waals surface area contributed by atoms with E-state index in [1.54, 1.807) is 0 Å². The van der Waals surface area contributed by atoms with Gasteiger partial charge in [0.05, 0.1) is 6.04 Å². The number of hydrogen-bond acceptors (Lipinski definition) is 3. The van der Waals surface area contributed by atoms with Crippen LogP contribution in [0.25, 0.3) is 0 Å². The van der Waals surface area contributed by atoms with Gasteiger partial charge in [-0.2, -0.15) is 0 Å². The zero-order valence-electron chi connectivity index (χ0n) is 12.6. The summed E-state index contributed by atoms with van der Waals surface area (Å²) < 4.78 is 0. The molecular formula is C15H25ClN2OS. The third-order valence-corrected chi connectivity index (χ3v) is 3.65. The van der Waals surface area contributed by atoms with Gasteiger partial charge in [-0.25, -0.2) is 0 Å². The fraction of sp³-hybridized carbons (Fsp3) is 0.533. The highest BCUT2D eigenvalue weighted by Gasteiger charge is 2.11. The Kier molecular flexibility index (Phi) is 8.94. The first-order valence-electron chi connectivity index (χ1n) is 6.70. The Bertz CT molecular complexity index is 407. The molecule has 0 heterocycles. The Morgan fingerprint density at radius 1 is 1.20 bits per heavy atom. The number of hydrogen-bond donors (Lipinski definition) is 2. The van der Waals surface area contributed by atoms with Crippen LogP contribution in [-0.2, 0) is 4.79 Å². The van der Waals surface area contributed by atoms with E-state index in [1.165, 1.54) is 4.90 Å². The molecule has 1 rings (SSSR count). The van der Waals surface area contributed by atoms with E-state index in [0.29, 0.717) is 11.7 Å². The van der Waals surface area contributed by atoms with E-state index >= 15 is 0 Å². The molecule has 1 aromatic carbocycles. The molecule has 3 N–H and O–H groups in total. The van der Waals surface area contributed by atoms with E-state index in [2.05, 4.69) is 43.4 Å². The molecule has 0 fully saturated rings. The Hall–Kier alpha value is -0.710. The summed E-state index contributed by atoms with van der Waals surface area (Å²) >= 11 is 1.84. The normalized spacial score (nSPS) is 13.5. The predicted molar refractivity (Wildman–Crippen MR) is 89.5 cm³/mol. The molecule has 20 heavy (non-hydrogen) atoms. The van der Waals surface area contributed by atoms with Crippen molar-refractivity contribution >= 4 is 30.1 Å². The lowest BCUT2D eigenvalue weighted by molar-refractivity contribution is -0.122. The summed E-state index contributed by atoms with van der Waals surface area (Å²) in [7, 11) is 0. The Labute approximate surface area is 132 Å². The maximum absolute atomic E-state index is 11.7. The van der Waals surface area contributed by atoms with Crippen molar-refractivity contribution in [3.63, 3.8) is 0 Å². The molecule has 0 aliphatic heterocycles. The zero-order valence-corrected chi connectivity index (χ0v) is 14.2. The van der Waals surface area contributed by atoms with Crippen LogP contribution in [0.15, 0.2) is 29.2 Å². The number of carbonyl (C=O) groups excluding carboxylic acids is 1. The molecule has 114 valence electrons. The number of halogens is 1. The summed E-state index contributed by atoms with van der Waals surface area (Å²) in [6.45, 7) is 8.18. The molecule has 3 nitrogen and oxygen atoms in total. The molecule has 0 aromatic heterocycles. The molecule has 1 aromatic rings. The highest BCUT2D eigenvalue weighted by atomic mass is 35.5. The number of nitrogens with two attached hydrogens (primary N) is 1. The largest absolute Gasteiger partial charge is 0.350 e. The minimum absolute atomic E-state index is 0. The molecule has 0 spiro atoms. The van der Waals surface area contributed by atoms with Gasteiger partial charge in [-0.15, -0.1) is 24.2 Å². The molecule has 0 aliphatic rings. The van der Waals surface area contributed by atoms with E-state index in [1.807, 2.05) is 25.6 Å². The van der Waals surface area contributed by atoms with E-state index in [4.69, 9.17) is 5.73 Å². The van der Waals surface area contributed by atoms with Crippen LogP contribution in [0.5, 0.6) is 0 Å². The van der Waals surface area contributed by atoms with Crippen molar-refractivity contribution in [1.29, 1.82) is 0 Å². The average molecular weight is 317 g/mol. The van der Waals surface area contributed by atoms with Gasteiger partial charge in [0, 0.05) is 22.6 Å². The molecule has 1 amide bonds. The summed E-state index contributed by atoms with van der Waals surface area (Å²) in [5.74, 6) is 0.00290. The minimum Gasteiger partial charge on any atom is -0.350 e. The SMILES string of the molecule is CC(N)CC(=O)NC(C)c1ccc(SC(C)C)cc1.Cl. The first kappa shape index (κ1) is 19.3. The summed E-state index contributed by atoms with van der Waals surface area (Å²) in [5.41, 5.74) is 6.73. The molecule has 2 unspecified atom stereocenters. The smallest absolute Gasteiger partial charge is 0.222 e. The van der Waals surface area contributed by atoms with Crippen molar-refractivity contribution in [2.45, 2.75) is 56.3 Å². The fourth-order valence-electron chi connectivity index (χ4n) is 1.78. The minimum atomic E-state index is -0.1000. The van der Waals surface area contributed by atoms with Crippen LogP contribution in [-0.4, -0.2) is 17.2 Å². The third-order valence-electron chi connectivity index (χ3n) is 2.64. The summed E-state index contributed by atoms with van der Waals surface area (Å²) in [6, 6.07) is 8.27. The second kappa shape index (κ2) is 9.27. The van der Waals surface area contributed by atoms with Crippen LogP contribution < -0.4 is 11.1 Å². The van der Waals surface area contributed by atoms with Gasteiger partial charge in [-0.05, 0) is 31.5 Å². The van der Waals surface area contributed by atoms with Crippen LogP contribution >= 0.6 is 24.2 Å². The lowest BCUT2D eigenvalue weighted by Gasteiger charge is -2.16. The first-order chi connectivity index (χ1) is 8.88. The molecule has 0 saturated carbocycles. The van der Waals surface area contributed by atoms with Crippen molar-refractivity contribution in [2.75, 3.05) is 0 Å². The van der Waals surface area contributed by atoms with Crippen molar-refractivity contribution in [2.24, 2.45) is 5.73 Å². The number of thioether (sulfide) groups is 1. The number of nitrogens with one attached hydrogen (secondary N) is 1. The maximum Gasteiger partial charge on any atom is 0.222 e. The second-order valence-electron chi connectivity index (χ2n) is 5.21. The average Bonchev–Trinajstić information content (AvgIpc) is 2.27. The Morgan fingerprint density at radius 3 is 2.20 bits per heavy atom. The van der Waals surface area contributed by atoms with E-state index < -0.39 is 0 Å². The highest BCUT2D eigenvalue weighted by Crippen LogP contribution is 2.24. The van der Waals surface area contributed by atoms with Crippen LogP contribution in [0.4, 0.5) is 0 Å². The van der Waals surface area contributed by atoms with Crippen LogP contribution in [0, 0.1) is 0 Å². The first-order valence-corrected chi connectivity index (χ1v) is 7.58. The van der Waals surface area contributed by atoms with Crippen LogP contribution in [0.3, 0.4) is 0 Å². The quantitative estimate of drug-likeness (QED) is 0.789. The lowest BCUT2D eigenvalue weighted by Crippen LogP contribution is -2.31. The maximum atomic E-state index is 11.7. The van der Waals surface area contributed by atoms with Gasteiger partial charge < -0.3 is 11.1 Å². The molecule has 0 radical (unpaired) electrons. The van der Waals surface area contributed by atoms with Crippen LogP contribution in [0.2, 0.25) is 0 Å². The molecule has 0 saturated heterocycles. The standard InChI is InChI=1S/C15H24N2OS.ClH/c1-10(2)19-14-7-5-13(6-8-14)12(4)17-15(18)9-11(3)16;/h5-8,10-12H,9,16H2,1-4H3,(H,17,18);1H. The second-order valence-corrected chi connectivity index (χ2v) is 6.86. The van der Waals surface area contributed by atoms with Crippen molar-refractivity contribution < 1.29 is 4.79 Å². The number of carbonyl (C=O) groups is 1. The van der Waals surface area contributed by atoms with Crippen molar-refractivity contribution in [1.82, 2.24) is 5.32 Å². The highest BCUT2D eigenvalue weighted by molar-refractivity contribution is 7.99. The van der Waals surface area contributed by atoms with Gasteiger partial charge in [0.15, 0.2) is 0 Å². The van der Waals surface area contributed by atoms with Crippen LogP contribution in [0.1, 0.15) is 45.7 Å². The van der Waals surface area contributed by atoms with E-state index in [-0.39, 0.29) is 30.4 Å². The number of rotatable bonds is 6. The van der Waals surface area contributed by atoms with Gasteiger partial charge in [0.1, 0.15) is 0 Å². The molecule has 0 aliphatic carbocycles. The number of amides is 1. The molecular weight excluding hydrogens is 292 g/mol. The molecule has 0 bridgehead atoms.